The molecule has 1 aliphatic heterocycles. The molecule has 144 valence electrons. The van der Waals surface area contributed by atoms with E-state index in [1.54, 1.807) is 38.3 Å². The molecule has 0 N–H and O–H groups in total. The molecular formula is C20H25N3O4. The van der Waals surface area contributed by atoms with Crippen LogP contribution >= 0.6 is 0 Å². The maximum absolute atomic E-state index is 12.4. The van der Waals surface area contributed by atoms with Gasteiger partial charge in [-0.05, 0) is 43.5 Å². The molecule has 0 atom stereocenters. The Morgan fingerprint density at radius 2 is 1.85 bits per heavy atom. The number of ketones is 1. The van der Waals surface area contributed by atoms with Crippen LogP contribution in [-0.2, 0) is 4.79 Å². The zero-order chi connectivity index (χ0) is 19.2. The highest BCUT2D eigenvalue weighted by Crippen LogP contribution is 2.27. The fourth-order valence-electron chi connectivity index (χ4n) is 3.33. The van der Waals surface area contributed by atoms with Gasteiger partial charge >= 0.3 is 0 Å². The smallest absolute Gasteiger partial charge is 0.222 e. The van der Waals surface area contributed by atoms with E-state index in [0.29, 0.717) is 49.7 Å². The number of rotatable bonds is 7. The number of ether oxygens (including phenoxy) is 1. The van der Waals surface area contributed by atoms with Gasteiger partial charge in [-0.25, -0.2) is 0 Å². The van der Waals surface area contributed by atoms with Crippen molar-refractivity contribution in [3.63, 3.8) is 0 Å². The Bertz CT molecular complexity index is 777. The number of methoxy groups -OCH3 is 1. The van der Waals surface area contributed by atoms with Crippen molar-refractivity contribution < 1.29 is 18.7 Å². The third-order valence-electron chi connectivity index (χ3n) is 4.95. The summed E-state index contributed by atoms with van der Waals surface area (Å²) in [4.78, 5) is 26.5. The second-order valence-electron chi connectivity index (χ2n) is 6.82. The van der Waals surface area contributed by atoms with Gasteiger partial charge in [0.25, 0.3) is 0 Å². The van der Waals surface area contributed by atoms with Gasteiger partial charge < -0.3 is 14.1 Å². The molecule has 0 saturated carbocycles. The van der Waals surface area contributed by atoms with Crippen LogP contribution in [0.4, 0.5) is 0 Å². The number of benzene rings is 1. The normalized spacial score (nSPS) is 15.0. The molecular weight excluding hydrogens is 346 g/mol. The molecule has 1 fully saturated rings. The molecule has 1 saturated heterocycles. The Labute approximate surface area is 158 Å². The van der Waals surface area contributed by atoms with E-state index in [1.807, 2.05) is 4.90 Å². The van der Waals surface area contributed by atoms with Crippen molar-refractivity contribution in [2.45, 2.75) is 44.9 Å². The lowest BCUT2D eigenvalue weighted by Crippen LogP contribution is -2.37. The highest BCUT2D eigenvalue weighted by Gasteiger charge is 2.26. The van der Waals surface area contributed by atoms with Gasteiger partial charge in [0, 0.05) is 44.3 Å². The summed E-state index contributed by atoms with van der Waals surface area (Å²) in [7, 11) is 1.59. The van der Waals surface area contributed by atoms with Crippen molar-refractivity contribution in [1.29, 1.82) is 0 Å². The first-order valence-electron chi connectivity index (χ1n) is 9.32. The van der Waals surface area contributed by atoms with Gasteiger partial charge in [0.15, 0.2) is 5.78 Å². The maximum atomic E-state index is 12.4. The van der Waals surface area contributed by atoms with Crippen molar-refractivity contribution in [1.82, 2.24) is 15.1 Å². The Morgan fingerprint density at radius 3 is 2.44 bits per heavy atom. The summed E-state index contributed by atoms with van der Waals surface area (Å²) in [6, 6.07) is 7.06. The lowest BCUT2D eigenvalue weighted by atomic mass is 9.96. The minimum absolute atomic E-state index is 0.0518. The molecule has 2 heterocycles. The van der Waals surface area contributed by atoms with Crippen LogP contribution in [0.2, 0.25) is 0 Å². The first kappa shape index (κ1) is 19.1. The molecule has 2 aromatic rings. The van der Waals surface area contributed by atoms with Gasteiger partial charge in [-0.15, -0.1) is 10.2 Å². The molecule has 7 heteroatoms. The Balaban J connectivity index is 1.40. The standard InChI is InChI=1S/C20H25N3O4/c1-14-21-22-20(27-14)16-10-12-23(13-11-16)19(25)5-3-4-18(24)15-6-8-17(26-2)9-7-15/h6-9,16H,3-5,10-13H2,1-2H3. The molecule has 1 aliphatic rings. The van der Waals surface area contributed by atoms with Crippen LogP contribution in [0.5, 0.6) is 5.75 Å². The monoisotopic (exact) mass is 371 g/mol. The average molecular weight is 371 g/mol. The van der Waals surface area contributed by atoms with Crippen LogP contribution in [0.25, 0.3) is 0 Å². The molecule has 1 aromatic carbocycles. The number of piperidine rings is 1. The third kappa shape index (κ3) is 4.93. The fourth-order valence-corrected chi connectivity index (χ4v) is 3.33. The van der Waals surface area contributed by atoms with Crippen molar-refractivity contribution in [2.75, 3.05) is 20.2 Å². The summed E-state index contributed by atoms with van der Waals surface area (Å²) in [6.45, 7) is 3.16. The summed E-state index contributed by atoms with van der Waals surface area (Å²) in [6.07, 6.45) is 2.99. The number of carbonyl (C=O) groups excluding carboxylic acids is 2. The lowest BCUT2D eigenvalue weighted by Gasteiger charge is -2.30. The highest BCUT2D eigenvalue weighted by atomic mass is 16.5. The number of hydrogen-bond donors (Lipinski definition) is 0. The number of likely N-dealkylation sites (tertiary alicyclic amines) is 1. The van der Waals surface area contributed by atoms with Crippen molar-refractivity contribution in [2.24, 2.45) is 0 Å². The lowest BCUT2D eigenvalue weighted by molar-refractivity contribution is -0.132. The minimum atomic E-state index is 0.0518. The first-order chi connectivity index (χ1) is 13.1. The number of aromatic nitrogens is 2. The van der Waals surface area contributed by atoms with E-state index in [9.17, 15) is 9.59 Å². The molecule has 27 heavy (non-hydrogen) atoms. The zero-order valence-electron chi connectivity index (χ0n) is 15.8. The second-order valence-corrected chi connectivity index (χ2v) is 6.82. The number of nitrogens with zero attached hydrogens (tertiary/aromatic N) is 3. The van der Waals surface area contributed by atoms with Crippen LogP contribution in [0.3, 0.4) is 0 Å². The van der Waals surface area contributed by atoms with Crippen molar-refractivity contribution in [3.8, 4) is 5.75 Å². The molecule has 7 nitrogen and oxygen atoms in total. The molecule has 0 spiro atoms. The van der Waals surface area contributed by atoms with Crippen LogP contribution in [0, 0.1) is 6.92 Å². The SMILES string of the molecule is COc1ccc(C(=O)CCCC(=O)N2CCC(c3nnc(C)o3)CC2)cc1. The van der Waals surface area contributed by atoms with Crippen molar-refractivity contribution in [3.05, 3.63) is 41.6 Å². The summed E-state index contributed by atoms with van der Waals surface area (Å²) in [5, 5.41) is 7.95. The molecule has 0 unspecified atom stereocenters. The largest absolute Gasteiger partial charge is 0.497 e. The van der Waals surface area contributed by atoms with Crippen LogP contribution < -0.4 is 4.74 Å². The average Bonchev–Trinajstić information content (AvgIpc) is 3.14. The first-order valence-corrected chi connectivity index (χ1v) is 9.32. The highest BCUT2D eigenvalue weighted by molar-refractivity contribution is 5.96. The molecule has 0 bridgehead atoms. The fraction of sp³-hybridized carbons (Fsp3) is 0.500. The number of carbonyl (C=O) groups is 2. The van der Waals surface area contributed by atoms with Crippen LogP contribution in [-0.4, -0.2) is 47.0 Å². The predicted molar refractivity (Wildman–Crippen MR) is 98.8 cm³/mol. The van der Waals surface area contributed by atoms with Gasteiger partial charge in [-0.1, -0.05) is 0 Å². The van der Waals surface area contributed by atoms with E-state index in [2.05, 4.69) is 10.2 Å². The summed E-state index contributed by atoms with van der Waals surface area (Å²) >= 11 is 0. The van der Waals surface area contributed by atoms with E-state index in [-0.39, 0.29) is 17.6 Å². The Kier molecular flexibility index (Phi) is 6.21. The van der Waals surface area contributed by atoms with E-state index in [4.69, 9.17) is 9.15 Å². The topological polar surface area (TPSA) is 85.5 Å². The van der Waals surface area contributed by atoms with E-state index >= 15 is 0 Å². The Hall–Kier alpha value is -2.70. The van der Waals surface area contributed by atoms with Crippen LogP contribution in [0.1, 0.15) is 60.2 Å². The minimum Gasteiger partial charge on any atom is -0.497 e. The molecule has 0 aliphatic carbocycles. The van der Waals surface area contributed by atoms with Crippen LogP contribution in [0.15, 0.2) is 28.7 Å². The van der Waals surface area contributed by atoms with Gasteiger partial charge in [0.05, 0.1) is 7.11 Å². The predicted octanol–water partition coefficient (Wildman–Crippen LogP) is 3.15. The molecule has 1 aromatic heterocycles. The summed E-state index contributed by atoms with van der Waals surface area (Å²) in [5.41, 5.74) is 0.652. The van der Waals surface area contributed by atoms with E-state index in [1.165, 1.54) is 0 Å². The maximum Gasteiger partial charge on any atom is 0.222 e. The zero-order valence-corrected chi connectivity index (χ0v) is 15.8. The molecule has 3 rings (SSSR count). The van der Waals surface area contributed by atoms with Crippen molar-refractivity contribution >= 4 is 11.7 Å². The molecule has 1 amide bonds. The van der Waals surface area contributed by atoms with Gasteiger partial charge in [0.2, 0.25) is 17.7 Å². The number of amides is 1. The van der Waals surface area contributed by atoms with E-state index in [0.717, 1.165) is 18.6 Å². The van der Waals surface area contributed by atoms with Gasteiger partial charge in [-0.2, -0.15) is 0 Å². The third-order valence-corrected chi connectivity index (χ3v) is 4.95. The second kappa shape index (κ2) is 8.79. The molecule has 0 radical (unpaired) electrons. The summed E-state index contributed by atoms with van der Waals surface area (Å²) in [5.74, 6) is 2.36. The number of hydrogen-bond acceptors (Lipinski definition) is 6. The van der Waals surface area contributed by atoms with Gasteiger partial charge in [-0.3, -0.25) is 9.59 Å². The van der Waals surface area contributed by atoms with E-state index < -0.39 is 0 Å². The quantitative estimate of drug-likeness (QED) is 0.695. The number of aryl methyl sites for hydroxylation is 1. The summed E-state index contributed by atoms with van der Waals surface area (Å²) < 4.78 is 10.6. The Morgan fingerprint density at radius 1 is 1.15 bits per heavy atom. The van der Waals surface area contributed by atoms with Gasteiger partial charge in [0.1, 0.15) is 5.75 Å². The number of Topliss-reactive ketones (excluding diaryl/α,β-unsaturated/α-hetero) is 1.